The van der Waals surface area contributed by atoms with Gasteiger partial charge >= 0.3 is 5.69 Å². The molecule has 0 bridgehead atoms. The number of aryl methyl sites for hydroxylation is 3. The zero-order valence-corrected chi connectivity index (χ0v) is 20.3. The Morgan fingerprint density at radius 2 is 1.83 bits per heavy atom. The predicted octanol–water partition coefficient (Wildman–Crippen LogP) is 3.78. The molecule has 8 nitrogen and oxygen atoms in total. The van der Waals surface area contributed by atoms with Crippen molar-refractivity contribution >= 4 is 11.9 Å². The van der Waals surface area contributed by atoms with E-state index < -0.39 is 11.5 Å². The molecule has 0 saturated carbocycles. The van der Waals surface area contributed by atoms with Crippen LogP contribution in [-0.2, 0) is 13.0 Å². The molecule has 2 aromatic heterocycles. The minimum Gasteiger partial charge on any atom is -0.388 e. The first-order valence-corrected chi connectivity index (χ1v) is 11.8. The van der Waals surface area contributed by atoms with Gasteiger partial charge in [-0.05, 0) is 68.6 Å². The van der Waals surface area contributed by atoms with E-state index in [2.05, 4.69) is 10.6 Å². The van der Waals surface area contributed by atoms with Crippen molar-refractivity contribution in [3.63, 3.8) is 0 Å². The van der Waals surface area contributed by atoms with Gasteiger partial charge in [0.1, 0.15) is 11.6 Å². The molecule has 4 aromatic rings. The number of rotatable bonds is 5. The first-order valence-electron chi connectivity index (χ1n) is 11.8. The van der Waals surface area contributed by atoms with Crippen molar-refractivity contribution in [3.05, 3.63) is 86.7 Å². The van der Waals surface area contributed by atoms with Gasteiger partial charge in [0.25, 0.3) is 0 Å². The maximum atomic E-state index is 15.3. The molecule has 3 N–H and O–H groups in total. The standard InChI is InChI=1S/C26H27F2N7O/c1-15-11-17(12-16(2)23(15)27)35-25(19-14-31-8-4-5-21(19)32-35)34-10-9-33(26(34)36)22-7-6-20(30-3)18(13-29)24(22)28/h6-7,9-13,29-31H,4-5,8,14H2,1-3H3. The molecular weight excluding hydrogens is 464 g/mol. The summed E-state index contributed by atoms with van der Waals surface area (Å²) in [7, 11) is 1.64. The van der Waals surface area contributed by atoms with Crippen molar-refractivity contribution < 1.29 is 8.78 Å². The lowest BCUT2D eigenvalue weighted by atomic mass is 10.1. The molecule has 0 aliphatic carbocycles. The van der Waals surface area contributed by atoms with Crippen molar-refractivity contribution in [2.24, 2.45) is 0 Å². The summed E-state index contributed by atoms with van der Waals surface area (Å²) in [6.07, 6.45) is 5.64. The van der Waals surface area contributed by atoms with Crippen LogP contribution in [0.1, 0.15) is 34.4 Å². The SMILES string of the molecule is CNc1ccc(-n2ccn(-c3c4c(nn3-c3cc(C)c(F)c(C)c3)CCCNC4)c2=O)c(F)c1C=N. The largest absolute Gasteiger partial charge is 0.388 e. The van der Waals surface area contributed by atoms with E-state index >= 15 is 4.39 Å². The van der Waals surface area contributed by atoms with E-state index in [1.165, 1.54) is 21.4 Å². The number of nitrogens with one attached hydrogen (secondary N) is 3. The van der Waals surface area contributed by atoms with Gasteiger partial charge in [-0.3, -0.25) is 9.13 Å². The van der Waals surface area contributed by atoms with Crippen molar-refractivity contribution in [2.45, 2.75) is 33.2 Å². The van der Waals surface area contributed by atoms with E-state index in [0.29, 0.717) is 34.9 Å². The molecule has 2 aromatic carbocycles. The van der Waals surface area contributed by atoms with Crippen LogP contribution in [0.4, 0.5) is 14.5 Å². The van der Waals surface area contributed by atoms with Gasteiger partial charge in [0.05, 0.1) is 22.6 Å². The number of fused-ring (bicyclic) bond motifs is 1. The highest BCUT2D eigenvalue weighted by Gasteiger charge is 2.25. The molecule has 0 saturated heterocycles. The third-order valence-electron chi connectivity index (χ3n) is 6.61. The summed E-state index contributed by atoms with van der Waals surface area (Å²) < 4.78 is 34.0. The van der Waals surface area contributed by atoms with Gasteiger partial charge in [-0.25, -0.2) is 18.3 Å². The lowest BCUT2D eigenvalue weighted by Crippen LogP contribution is -2.26. The second-order valence-corrected chi connectivity index (χ2v) is 8.91. The summed E-state index contributed by atoms with van der Waals surface area (Å²) in [6, 6.07) is 6.55. The summed E-state index contributed by atoms with van der Waals surface area (Å²) in [5.74, 6) is -0.412. The van der Waals surface area contributed by atoms with Crippen LogP contribution in [0.5, 0.6) is 0 Å². The minimum absolute atomic E-state index is 0.0417. The number of aromatic nitrogens is 4. The Balaban J connectivity index is 1.73. The zero-order chi connectivity index (χ0) is 25.6. The Hall–Kier alpha value is -4.05. The smallest absolute Gasteiger partial charge is 0.338 e. The highest BCUT2D eigenvalue weighted by atomic mass is 19.1. The second kappa shape index (κ2) is 9.19. The Kier molecular flexibility index (Phi) is 6.05. The van der Waals surface area contributed by atoms with Gasteiger partial charge in [0.15, 0.2) is 5.82 Å². The average Bonchev–Trinajstić information content (AvgIpc) is 3.32. The number of halogens is 2. The summed E-state index contributed by atoms with van der Waals surface area (Å²) in [5, 5.41) is 18.7. The van der Waals surface area contributed by atoms with Crippen LogP contribution in [0, 0.1) is 30.9 Å². The highest BCUT2D eigenvalue weighted by molar-refractivity contribution is 5.87. The third-order valence-corrected chi connectivity index (χ3v) is 6.61. The summed E-state index contributed by atoms with van der Waals surface area (Å²) in [4.78, 5) is 13.7. The van der Waals surface area contributed by atoms with Crippen LogP contribution in [0.3, 0.4) is 0 Å². The van der Waals surface area contributed by atoms with Crippen molar-refractivity contribution in [1.29, 1.82) is 5.41 Å². The highest BCUT2D eigenvalue weighted by Crippen LogP contribution is 2.28. The topological polar surface area (TPSA) is 92.7 Å². The average molecular weight is 492 g/mol. The maximum absolute atomic E-state index is 15.3. The predicted molar refractivity (Wildman–Crippen MR) is 135 cm³/mol. The fraction of sp³-hybridized carbons (Fsp3) is 0.269. The zero-order valence-electron chi connectivity index (χ0n) is 20.3. The number of hydrogen-bond acceptors (Lipinski definition) is 5. The Morgan fingerprint density at radius 3 is 2.53 bits per heavy atom. The van der Waals surface area contributed by atoms with Crippen LogP contribution in [-0.4, -0.2) is 38.7 Å². The molecule has 1 aliphatic rings. The van der Waals surface area contributed by atoms with Crippen LogP contribution >= 0.6 is 0 Å². The van der Waals surface area contributed by atoms with Crippen molar-refractivity contribution in [3.8, 4) is 17.2 Å². The van der Waals surface area contributed by atoms with Crippen LogP contribution in [0.25, 0.3) is 17.2 Å². The van der Waals surface area contributed by atoms with Gasteiger partial charge in [-0.1, -0.05) is 0 Å². The molecule has 3 heterocycles. The van der Waals surface area contributed by atoms with Crippen molar-refractivity contribution in [1.82, 2.24) is 24.2 Å². The number of anilines is 1. The Bertz CT molecular complexity index is 1520. The van der Waals surface area contributed by atoms with Crippen LogP contribution in [0.2, 0.25) is 0 Å². The second-order valence-electron chi connectivity index (χ2n) is 8.91. The summed E-state index contributed by atoms with van der Waals surface area (Å²) in [6.45, 7) is 4.74. The molecule has 0 unspecified atom stereocenters. The van der Waals surface area contributed by atoms with Gasteiger partial charge in [-0.15, -0.1) is 0 Å². The van der Waals surface area contributed by atoms with Crippen LogP contribution in [0.15, 0.2) is 41.5 Å². The molecule has 0 spiro atoms. The Labute approximate surface area is 206 Å². The van der Waals surface area contributed by atoms with Gasteiger partial charge < -0.3 is 16.0 Å². The first-order chi connectivity index (χ1) is 17.3. The molecular formula is C26H27F2N7O. The van der Waals surface area contributed by atoms with E-state index in [1.807, 2.05) is 0 Å². The van der Waals surface area contributed by atoms with E-state index in [1.54, 1.807) is 50.0 Å². The Morgan fingerprint density at radius 1 is 1.11 bits per heavy atom. The molecule has 1 aliphatic heterocycles. The lowest BCUT2D eigenvalue weighted by Gasteiger charge is -2.13. The molecule has 0 radical (unpaired) electrons. The number of benzene rings is 2. The molecule has 186 valence electrons. The van der Waals surface area contributed by atoms with Gasteiger partial charge in [0.2, 0.25) is 0 Å². The minimum atomic E-state index is -0.671. The molecule has 0 fully saturated rings. The van der Waals surface area contributed by atoms with Crippen LogP contribution < -0.4 is 16.3 Å². The summed E-state index contributed by atoms with van der Waals surface area (Å²) in [5.41, 5.74) is 3.43. The molecule has 5 rings (SSSR count). The van der Waals surface area contributed by atoms with Gasteiger partial charge in [-0.2, -0.15) is 5.10 Å². The third kappa shape index (κ3) is 3.74. The fourth-order valence-electron chi connectivity index (χ4n) is 4.78. The fourth-order valence-corrected chi connectivity index (χ4v) is 4.78. The van der Waals surface area contributed by atoms with Crippen molar-refractivity contribution in [2.75, 3.05) is 18.9 Å². The summed E-state index contributed by atoms with van der Waals surface area (Å²) >= 11 is 0. The monoisotopic (exact) mass is 491 g/mol. The quantitative estimate of drug-likeness (QED) is 0.371. The molecule has 0 amide bonds. The molecule has 10 heteroatoms. The number of nitrogens with zero attached hydrogens (tertiary/aromatic N) is 4. The van der Waals surface area contributed by atoms with E-state index in [4.69, 9.17) is 10.5 Å². The van der Waals surface area contributed by atoms with E-state index in [9.17, 15) is 9.18 Å². The van der Waals surface area contributed by atoms with E-state index in [-0.39, 0.29) is 17.1 Å². The van der Waals surface area contributed by atoms with E-state index in [0.717, 1.165) is 36.9 Å². The first kappa shape index (κ1) is 23.7. The molecule has 36 heavy (non-hydrogen) atoms. The maximum Gasteiger partial charge on any atom is 0.338 e. The molecule has 0 atom stereocenters. The van der Waals surface area contributed by atoms with Gasteiger partial charge in [0, 0.05) is 43.5 Å². The normalized spacial score (nSPS) is 13.4. The number of hydrogen-bond donors (Lipinski definition) is 3. The number of imidazole rings is 1. The lowest BCUT2D eigenvalue weighted by molar-refractivity contribution is 0.607.